The fourth-order valence-electron chi connectivity index (χ4n) is 6.96. The van der Waals surface area contributed by atoms with Crippen LogP contribution in [0.15, 0.2) is 174 Å². The van der Waals surface area contributed by atoms with Crippen LogP contribution in [-0.2, 0) is 0 Å². The molecule has 0 fully saturated rings. The van der Waals surface area contributed by atoms with E-state index in [4.69, 9.17) is 20.4 Å². The number of nitrogens with one attached hydrogen (secondary N) is 1. The predicted molar refractivity (Wildman–Crippen MR) is 222 cm³/mol. The molecule has 1 aliphatic rings. The Morgan fingerprint density at radius 1 is 0.453 bits per heavy atom. The molecule has 0 spiro atoms. The molecule has 53 heavy (non-hydrogen) atoms. The highest BCUT2D eigenvalue weighted by atomic mass is 32.1. The van der Waals surface area contributed by atoms with Gasteiger partial charge in [-0.05, 0) is 71.5 Å². The maximum atomic E-state index is 8.91. The number of allylic oxidation sites excluding steroid dienone is 1. The summed E-state index contributed by atoms with van der Waals surface area (Å²) in [7, 11) is 0. The largest absolute Gasteiger partial charge is 0.298 e. The molecule has 0 saturated heterocycles. The quantitative estimate of drug-likeness (QED) is 0.170. The summed E-state index contributed by atoms with van der Waals surface area (Å²) in [4.78, 5) is 15.3. The summed E-state index contributed by atoms with van der Waals surface area (Å²) in [5, 5.41) is 9.83. The fourth-order valence-corrected chi connectivity index (χ4v) is 7.13. The van der Waals surface area contributed by atoms with Crippen molar-refractivity contribution in [3.63, 3.8) is 0 Å². The Balaban J connectivity index is 1.10. The van der Waals surface area contributed by atoms with Crippen LogP contribution >= 0.6 is 12.8 Å². The van der Waals surface area contributed by atoms with Crippen molar-refractivity contribution in [3.05, 3.63) is 181 Å². The number of fused-ring (bicyclic) bond motifs is 3. The third-order valence-corrected chi connectivity index (χ3v) is 9.84. The van der Waals surface area contributed by atoms with Crippen molar-refractivity contribution in [3.8, 4) is 67.4 Å². The number of aromatic nitrogens is 3. The minimum absolute atomic E-state index is 0.345. The lowest BCUT2D eigenvalue weighted by Gasteiger charge is -2.19. The molecule has 0 amide bonds. The topological polar surface area (TPSA) is 74.9 Å². The van der Waals surface area contributed by atoms with Gasteiger partial charge in [0.1, 0.15) is 0 Å². The molecule has 0 bridgehead atoms. The number of rotatable bonds is 6. The third kappa shape index (κ3) is 6.15. The fraction of sp³-hybridized carbons (Fsp3) is 0. The molecule has 2 heterocycles. The number of hydrogen-bond acceptors (Lipinski definition) is 6. The van der Waals surface area contributed by atoms with Gasteiger partial charge in [0.2, 0.25) is 0 Å². The minimum Gasteiger partial charge on any atom is -0.298 e. The number of para-hydroxylation sites is 1. The highest BCUT2D eigenvalue weighted by Gasteiger charge is 2.23. The summed E-state index contributed by atoms with van der Waals surface area (Å²) < 4.78 is 4.04. The Morgan fingerprint density at radius 3 is 1.72 bits per heavy atom. The summed E-state index contributed by atoms with van der Waals surface area (Å²) in [5.74, 6) is 0.676. The second-order valence-electron chi connectivity index (χ2n) is 12.9. The highest BCUT2D eigenvalue weighted by molar-refractivity contribution is 7.79. The van der Waals surface area contributed by atoms with Crippen molar-refractivity contribution < 1.29 is 0 Å². The minimum atomic E-state index is 0.345. The van der Waals surface area contributed by atoms with Crippen LogP contribution in [0, 0.1) is 5.41 Å². The van der Waals surface area contributed by atoms with E-state index in [0.717, 1.165) is 83.6 Å². The maximum Gasteiger partial charge on any atom is 0.160 e. The number of thiol groups is 1. The van der Waals surface area contributed by atoms with E-state index < -0.39 is 0 Å². The Morgan fingerprint density at radius 2 is 1.00 bits per heavy atom. The highest BCUT2D eigenvalue weighted by Crippen LogP contribution is 2.36. The van der Waals surface area contributed by atoms with Crippen molar-refractivity contribution in [2.24, 2.45) is 4.40 Å². The second-order valence-corrected chi connectivity index (χ2v) is 13.1. The van der Waals surface area contributed by atoms with E-state index in [2.05, 4.69) is 132 Å². The summed E-state index contributed by atoms with van der Waals surface area (Å²) in [6.45, 7) is 0. The van der Waals surface area contributed by atoms with Crippen LogP contribution in [-0.4, -0.2) is 26.4 Å². The van der Waals surface area contributed by atoms with Crippen LogP contribution in [0.1, 0.15) is 11.1 Å². The molecule has 2 aromatic heterocycles. The van der Waals surface area contributed by atoms with E-state index in [1.807, 2.05) is 60.7 Å². The molecule has 9 rings (SSSR count). The van der Waals surface area contributed by atoms with Gasteiger partial charge in [0.05, 0.1) is 34.0 Å². The van der Waals surface area contributed by atoms with Crippen LogP contribution in [0.3, 0.4) is 0 Å². The molecule has 6 aromatic carbocycles. The Kier molecular flexibility index (Phi) is 8.35. The monoisotopic (exact) mass is 697 g/mol. The molecular weight excluding hydrogens is 667 g/mol. The first-order valence-electron chi connectivity index (χ1n) is 17.4. The Hall–Kier alpha value is -6.76. The molecular formula is C47H31N5S. The van der Waals surface area contributed by atoms with E-state index in [-0.39, 0.29) is 0 Å². The van der Waals surface area contributed by atoms with Crippen molar-refractivity contribution in [2.75, 3.05) is 0 Å². The second kappa shape index (κ2) is 13.8. The standard InChI is InChI=1S/C47H31N5S/c48-45-41(52-53)26-25-39-44(45)38-19-7-8-20-40(38)49-46(39)33-23-21-31(22-24-33)34-15-9-17-36(27-34)43-29-42(32-13-5-2-6-14-32)50-47(51-43)37-18-10-16-35(28-37)30-11-3-1-4-12-30/h1-29,48,53H. The average Bonchev–Trinajstić information content (AvgIpc) is 3.24. The average molecular weight is 698 g/mol. The van der Waals surface area contributed by atoms with Gasteiger partial charge in [-0.15, -0.1) is 0 Å². The van der Waals surface area contributed by atoms with Gasteiger partial charge in [0, 0.05) is 38.8 Å². The van der Waals surface area contributed by atoms with Gasteiger partial charge in [-0.1, -0.05) is 140 Å². The molecule has 0 radical (unpaired) electrons. The van der Waals surface area contributed by atoms with E-state index in [1.54, 1.807) is 0 Å². The van der Waals surface area contributed by atoms with E-state index in [1.165, 1.54) is 0 Å². The van der Waals surface area contributed by atoms with Crippen LogP contribution in [0.5, 0.6) is 0 Å². The van der Waals surface area contributed by atoms with Crippen molar-refractivity contribution >= 4 is 41.2 Å². The molecule has 8 aromatic rings. The van der Waals surface area contributed by atoms with Gasteiger partial charge in [0.25, 0.3) is 0 Å². The Bertz CT molecular complexity index is 2740. The molecule has 0 unspecified atom stereocenters. The number of benzene rings is 6. The van der Waals surface area contributed by atoms with Crippen molar-refractivity contribution in [2.45, 2.75) is 0 Å². The molecule has 0 atom stereocenters. The molecule has 250 valence electrons. The maximum absolute atomic E-state index is 8.91. The molecule has 5 nitrogen and oxygen atoms in total. The zero-order valence-corrected chi connectivity index (χ0v) is 29.4. The predicted octanol–water partition coefficient (Wildman–Crippen LogP) is 11.7. The smallest absolute Gasteiger partial charge is 0.160 e. The molecule has 0 saturated carbocycles. The lowest BCUT2D eigenvalue weighted by Crippen LogP contribution is -2.18. The van der Waals surface area contributed by atoms with Crippen molar-refractivity contribution in [1.82, 2.24) is 15.0 Å². The number of pyridine rings is 1. The van der Waals surface area contributed by atoms with Crippen LogP contribution in [0.2, 0.25) is 0 Å². The SMILES string of the molecule is N=C1C(=NS)C=Cc2c(-c3ccc(-c4cccc(-c5cc(-c6ccccc6)nc(-c6cccc(-c7ccccc7)c6)n5)c4)cc3)nc3ccccc3c21. The summed E-state index contributed by atoms with van der Waals surface area (Å²) in [6, 6.07) is 56.1. The van der Waals surface area contributed by atoms with Crippen LogP contribution in [0.4, 0.5) is 0 Å². The first-order valence-corrected chi connectivity index (χ1v) is 17.8. The Labute approximate surface area is 313 Å². The van der Waals surface area contributed by atoms with E-state index >= 15 is 0 Å². The van der Waals surface area contributed by atoms with Gasteiger partial charge in [0.15, 0.2) is 5.82 Å². The van der Waals surface area contributed by atoms with Gasteiger partial charge in [-0.3, -0.25) is 5.41 Å². The molecule has 0 aliphatic heterocycles. The van der Waals surface area contributed by atoms with E-state index in [0.29, 0.717) is 17.2 Å². The van der Waals surface area contributed by atoms with Crippen molar-refractivity contribution in [1.29, 1.82) is 5.41 Å². The van der Waals surface area contributed by atoms with Gasteiger partial charge >= 0.3 is 0 Å². The molecule has 1 aliphatic carbocycles. The van der Waals surface area contributed by atoms with E-state index in [9.17, 15) is 0 Å². The number of hydrogen-bond donors (Lipinski definition) is 2. The summed E-state index contributed by atoms with van der Waals surface area (Å²) in [6.07, 6.45) is 3.82. The lowest BCUT2D eigenvalue weighted by atomic mass is 9.88. The van der Waals surface area contributed by atoms with Gasteiger partial charge in [-0.2, -0.15) is 0 Å². The van der Waals surface area contributed by atoms with Crippen LogP contribution < -0.4 is 0 Å². The third-order valence-electron chi connectivity index (χ3n) is 9.63. The normalized spacial score (nSPS) is 13.0. The number of nitrogens with zero attached hydrogens (tertiary/aromatic N) is 4. The molecule has 1 N–H and O–H groups in total. The van der Waals surface area contributed by atoms with Gasteiger partial charge in [-0.25, -0.2) is 19.3 Å². The summed E-state index contributed by atoms with van der Waals surface area (Å²) in [5.41, 5.74) is 14.4. The summed E-state index contributed by atoms with van der Waals surface area (Å²) >= 11 is 4.11. The molecule has 6 heteroatoms. The first-order chi connectivity index (χ1) is 26.1. The zero-order valence-electron chi connectivity index (χ0n) is 28.5. The van der Waals surface area contributed by atoms with Crippen LogP contribution in [0.25, 0.3) is 84.4 Å². The zero-order chi connectivity index (χ0) is 35.7. The lowest BCUT2D eigenvalue weighted by molar-refractivity contribution is 1.18. The van der Waals surface area contributed by atoms with Gasteiger partial charge < -0.3 is 0 Å². The first kappa shape index (κ1) is 32.2.